The molecule has 0 aliphatic carbocycles. The van der Waals surface area contributed by atoms with Crippen molar-refractivity contribution in [2.45, 2.75) is 31.0 Å². The number of amides is 1. The van der Waals surface area contributed by atoms with E-state index in [9.17, 15) is 13.2 Å². The summed E-state index contributed by atoms with van der Waals surface area (Å²) < 4.78 is 38.3. The third kappa shape index (κ3) is 4.55. The van der Waals surface area contributed by atoms with Crippen molar-refractivity contribution in [1.29, 1.82) is 0 Å². The van der Waals surface area contributed by atoms with E-state index in [1.807, 2.05) is 13.8 Å². The van der Waals surface area contributed by atoms with Crippen molar-refractivity contribution in [2.24, 2.45) is 0 Å². The zero-order chi connectivity index (χ0) is 22.1. The average Bonchev–Trinajstić information content (AvgIpc) is 2.72. The lowest BCUT2D eigenvalue weighted by Crippen LogP contribution is -2.48. The molecule has 1 aliphatic heterocycles. The molecule has 0 aromatic heterocycles. The molecular formula is C21H25ClN2O5S. The Bertz CT molecular complexity index is 1020. The van der Waals surface area contributed by atoms with Gasteiger partial charge in [-0.15, -0.1) is 0 Å². The van der Waals surface area contributed by atoms with E-state index in [2.05, 4.69) is 0 Å². The van der Waals surface area contributed by atoms with Gasteiger partial charge in [0.1, 0.15) is 5.75 Å². The summed E-state index contributed by atoms with van der Waals surface area (Å²) in [5.41, 5.74) is 0.622. The summed E-state index contributed by atoms with van der Waals surface area (Å²) in [7, 11) is -0.902. The van der Waals surface area contributed by atoms with Crippen molar-refractivity contribution in [2.75, 3.05) is 31.6 Å². The van der Waals surface area contributed by atoms with Gasteiger partial charge in [0.2, 0.25) is 0 Å². The minimum atomic E-state index is -3.90. The summed E-state index contributed by atoms with van der Waals surface area (Å²) in [5, 5.41) is 0.206. The number of methoxy groups -OCH3 is 1. The Kier molecular flexibility index (Phi) is 6.59. The van der Waals surface area contributed by atoms with Crippen molar-refractivity contribution in [3.63, 3.8) is 0 Å². The number of carbonyl (C=O) groups excluding carboxylic acids is 1. The smallest absolute Gasteiger partial charge is 0.264 e. The number of sulfonamides is 1. The molecule has 0 spiro atoms. The first kappa shape index (κ1) is 22.4. The predicted molar refractivity (Wildman–Crippen MR) is 116 cm³/mol. The first-order chi connectivity index (χ1) is 14.1. The number of ether oxygens (including phenoxy) is 2. The van der Waals surface area contributed by atoms with Crippen LogP contribution < -0.4 is 9.04 Å². The molecule has 0 unspecified atom stereocenters. The van der Waals surface area contributed by atoms with E-state index in [0.717, 1.165) is 4.31 Å². The van der Waals surface area contributed by atoms with Crippen LogP contribution in [0.25, 0.3) is 0 Å². The van der Waals surface area contributed by atoms with Crippen molar-refractivity contribution in [3.05, 3.63) is 53.1 Å². The van der Waals surface area contributed by atoms with Crippen LogP contribution in [0.3, 0.4) is 0 Å². The van der Waals surface area contributed by atoms with Gasteiger partial charge >= 0.3 is 0 Å². The lowest BCUT2D eigenvalue weighted by molar-refractivity contribution is -0.0586. The van der Waals surface area contributed by atoms with Gasteiger partial charge in [-0.1, -0.05) is 11.6 Å². The van der Waals surface area contributed by atoms with Gasteiger partial charge in [-0.3, -0.25) is 9.10 Å². The highest BCUT2D eigenvalue weighted by molar-refractivity contribution is 7.92. The highest BCUT2D eigenvalue weighted by Crippen LogP contribution is 2.28. The third-order valence-electron chi connectivity index (χ3n) is 4.97. The number of halogens is 1. The van der Waals surface area contributed by atoms with Crippen LogP contribution in [0.1, 0.15) is 24.2 Å². The van der Waals surface area contributed by atoms with E-state index >= 15 is 0 Å². The topological polar surface area (TPSA) is 76.2 Å². The highest BCUT2D eigenvalue weighted by Gasteiger charge is 2.29. The van der Waals surface area contributed by atoms with Gasteiger partial charge in [-0.05, 0) is 56.3 Å². The number of carbonyl (C=O) groups is 1. The molecule has 1 amide bonds. The van der Waals surface area contributed by atoms with Crippen LogP contribution in [0, 0.1) is 0 Å². The van der Waals surface area contributed by atoms with Gasteiger partial charge in [0.05, 0.1) is 40.5 Å². The first-order valence-electron chi connectivity index (χ1n) is 9.50. The Morgan fingerprint density at radius 2 is 1.73 bits per heavy atom. The molecule has 0 N–H and O–H groups in total. The molecular weight excluding hydrogens is 428 g/mol. The van der Waals surface area contributed by atoms with Crippen LogP contribution >= 0.6 is 11.6 Å². The van der Waals surface area contributed by atoms with E-state index in [1.54, 1.807) is 29.2 Å². The van der Waals surface area contributed by atoms with Gasteiger partial charge in [-0.25, -0.2) is 8.42 Å². The Morgan fingerprint density at radius 1 is 1.13 bits per heavy atom. The van der Waals surface area contributed by atoms with E-state index in [0.29, 0.717) is 24.5 Å². The molecule has 162 valence electrons. The number of hydrogen-bond acceptors (Lipinski definition) is 5. The fourth-order valence-electron chi connectivity index (χ4n) is 3.43. The van der Waals surface area contributed by atoms with Crippen molar-refractivity contribution < 1.29 is 22.7 Å². The maximum absolute atomic E-state index is 13.2. The van der Waals surface area contributed by atoms with Gasteiger partial charge in [0.25, 0.3) is 15.9 Å². The lowest BCUT2D eigenvalue weighted by atomic mass is 10.1. The highest BCUT2D eigenvalue weighted by atomic mass is 35.5. The molecule has 0 saturated carbocycles. The number of anilines is 1. The zero-order valence-electron chi connectivity index (χ0n) is 17.3. The first-order valence-corrected chi connectivity index (χ1v) is 11.3. The fraction of sp³-hybridized carbons (Fsp3) is 0.381. The summed E-state index contributed by atoms with van der Waals surface area (Å²) >= 11 is 6.26. The summed E-state index contributed by atoms with van der Waals surface area (Å²) in [6, 6.07) is 10.8. The molecule has 2 aromatic rings. The number of hydrogen-bond donors (Lipinski definition) is 0. The summed E-state index contributed by atoms with van der Waals surface area (Å²) in [5.74, 6) is 0.309. The molecule has 2 aromatic carbocycles. The largest absolute Gasteiger partial charge is 0.497 e. The van der Waals surface area contributed by atoms with E-state index in [-0.39, 0.29) is 33.6 Å². The number of benzene rings is 2. The van der Waals surface area contributed by atoms with Gasteiger partial charge in [-0.2, -0.15) is 0 Å². The van der Waals surface area contributed by atoms with Crippen LogP contribution in [-0.4, -0.2) is 58.7 Å². The quantitative estimate of drug-likeness (QED) is 0.694. The van der Waals surface area contributed by atoms with Gasteiger partial charge < -0.3 is 14.4 Å². The van der Waals surface area contributed by atoms with Crippen LogP contribution in [0.2, 0.25) is 5.02 Å². The van der Waals surface area contributed by atoms with Gasteiger partial charge in [0.15, 0.2) is 0 Å². The maximum Gasteiger partial charge on any atom is 0.264 e. The molecule has 0 radical (unpaired) electrons. The number of nitrogens with zero attached hydrogens (tertiary/aromatic N) is 2. The second-order valence-corrected chi connectivity index (χ2v) is 9.66. The van der Waals surface area contributed by atoms with Crippen molar-refractivity contribution in [3.8, 4) is 5.75 Å². The second kappa shape index (κ2) is 8.83. The SMILES string of the molecule is COc1ccc(N(C)S(=O)(=O)c2ccc(Cl)c(C(=O)N3C[C@@H](C)O[C@H](C)C3)c2)cc1. The lowest BCUT2D eigenvalue weighted by Gasteiger charge is -2.35. The summed E-state index contributed by atoms with van der Waals surface area (Å²) in [6.07, 6.45) is -0.214. The van der Waals surface area contributed by atoms with Crippen molar-refractivity contribution in [1.82, 2.24) is 4.90 Å². The van der Waals surface area contributed by atoms with E-state index in [4.69, 9.17) is 21.1 Å². The fourth-order valence-corrected chi connectivity index (χ4v) is 4.85. The molecule has 1 heterocycles. The Labute approximate surface area is 182 Å². The molecule has 2 atom stereocenters. The molecule has 30 heavy (non-hydrogen) atoms. The molecule has 3 rings (SSSR count). The van der Waals surface area contributed by atoms with Crippen LogP contribution in [-0.2, 0) is 14.8 Å². The minimum Gasteiger partial charge on any atom is -0.497 e. The van der Waals surface area contributed by atoms with Crippen LogP contribution in [0.5, 0.6) is 5.75 Å². The summed E-state index contributed by atoms with van der Waals surface area (Å²) in [6.45, 7) is 4.62. The van der Waals surface area contributed by atoms with Crippen LogP contribution in [0.15, 0.2) is 47.4 Å². The van der Waals surface area contributed by atoms with E-state index < -0.39 is 10.0 Å². The molecule has 1 fully saturated rings. The molecule has 0 bridgehead atoms. The molecule has 1 aliphatic rings. The normalized spacial score (nSPS) is 19.4. The predicted octanol–water partition coefficient (Wildman–Crippen LogP) is 3.42. The average molecular weight is 453 g/mol. The number of morpholine rings is 1. The monoisotopic (exact) mass is 452 g/mol. The molecule has 9 heteroatoms. The Morgan fingerprint density at radius 3 is 2.30 bits per heavy atom. The third-order valence-corrected chi connectivity index (χ3v) is 7.08. The van der Waals surface area contributed by atoms with Crippen molar-refractivity contribution >= 4 is 33.2 Å². The number of rotatable bonds is 5. The standard InChI is InChI=1S/C21H25ClN2O5S/c1-14-12-24(13-15(2)29-14)21(25)19-11-18(9-10-20(19)22)30(26,27)23(3)16-5-7-17(28-4)8-6-16/h5-11,14-15H,12-13H2,1-4H3/t14-,15-/m1/s1. The zero-order valence-corrected chi connectivity index (χ0v) is 18.9. The maximum atomic E-state index is 13.2. The Balaban J connectivity index is 1.91. The second-order valence-electron chi connectivity index (χ2n) is 7.28. The minimum absolute atomic E-state index is 0.0112. The Hall–Kier alpha value is -2.29. The summed E-state index contributed by atoms with van der Waals surface area (Å²) in [4.78, 5) is 14.7. The molecule has 7 nitrogen and oxygen atoms in total. The van der Waals surface area contributed by atoms with E-state index in [1.165, 1.54) is 32.4 Å². The molecule has 1 saturated heterocycles. The van der Waals surface area contributed by atoms with Gasteiger partial charge in [0, 0.05) is 20.1 Å². The van der Waals surface area contributed by atoms with Crippen LogP contribution in [0.4, 0.5) is 5.69 Å².